The zero-order valence-electron chi connectivity index (χ0n) is 16.6. The average molecular weight is 453 g/mol. The molecule has 2 aromatic rings. The molecule has 0 radical (unpaired) electrons. The molecule has 30 heavy (non-hydrogen) atoms. The number of fused-ring (bicyclic) bond motifs is 1. The fourth-order valence-corrected chi connectivity index (χ4v) is 4.91. The fourth-order valence-electron chi connectivity index (χ4n) is 3.07. The lowest BCUT2D eigenvalue weighted by atomic mass is 10.2. The number of nitrogens with one attached hydrogen (secondary N) is 2. The fraction of sp³-hybridized carbons (Fsp3) is 0.300. The average Bonchev–Trinajstić information content (AvgIpc) is 2.67. The highest BCUT2D eigenvalue weighted by molar-refractivity contribution is 7.92. The number of hydrogen-bond donors (Lipinski definition) is 2. The molecule has 1 aliphatic rings. The first kappa shape index (κ1) is 21.9. The predicted octanol–water partition coefficient (Wildman–Crippen LogP) is 3.18. The monoisotopic (exact) mass is 452 g/mol. The first-order chi connectivity index (χ1) is 14.1. The summed E-state index contributed by atoms with van der Waals surface area (Å²) >= 11 is 6.05. The molecule has 1 aliphatic heterocycles. The molecule has 0 spiro atoms. The topological polar surface area (TPSA) is 111 Å². The van der Waals surface area contributed by atoms with Gasteiger partial charge in [-0.15, -0.1) is 0 Å². The van der Waals surface area contributed by atoms with Gasteiger partial charge in [0.05, 0.1) is 28.0 Å². The number of amides is 2. The number of carbonyl (C=O) groups excluding carboxylic acids is 2. The molecule has 160 valence electrons. The van der Waals surface area contributed by atoms with Crippen LogP contribution in [0.15, 0.2) is 35.2 Å². The van der Waals surface area contributed by atoms with Gasteiger partial charge in [0.2, 0.25) is 5.91 Å². The van der Waals surface area contributed by atoms with Crippen LogP contribution in [-0.2, 0) is 19.4 Å². The minimum atomic E-state index is -3.82. The van der Waals surface area contributed by atoms with Gasteiger partial charge in [-0.2, -0.15) is 0 Å². The van der Waals surface area contributed by atoms with Gasteiger partial charge >= 0.3 is 0 Å². The van der Waals surface area contributed by atoms with Crippen molar-refractivity contribution in [3.8, 4) is 11.5 Å². The van der Waals surface area contributed by atoms with Crippen LogP contribution >= 0.6 is 11.6 Å². The Kier molecular flexibility index (Phi) is 6.23. The van der Waals surface area contributed by atoms with Crippen LogP contribution < -0.4 is 20.1 Å². The van der Waals surface area contributed by atoms with Crippen molar-refractivity contribution >= 4 is 44.6 Å². The van der Waals surface area contributed by atoms with Crippen molar-refractivity contribution in [2.45, 2.75) is 30.4 Å². The molecule has 10 heteroatoms. The highest BCUT2D eigenvalue weighted by Gasteiger charge is 2.29. The van der Waals surface area contributed by atoms with E-state index in [0.29, 0.717) is 27.7 Å². The number of sulfone groups is 1. The Balaban J connectivity index is 1.76. The van der Waals surface area contributed by atoms with E-state index in [1.807, 2.05) is 0 Å². The van der Waals surface area contributed by atoms with Crippen LogP contribution in [0, 0.1) is 6.92 Å². The molecule has 0 aliphatic carbocycles. The minimum Gasteiger partial charge on any atom is -0.495 e. The normalized spacial score (nSPS) is 14.2. The van der Waals surface area contributed by atoms with Gasteiger partial charge in [-0.25, -0.2) is 8.42 Å². The molecule has 3 rings (SSSR count). The van der Waals surface area contributed by atoms with Gasteiger partial charge in [-0.1, -0.05) is 11.6 Å². The lowest BCUT2D eigenvalue weighted by molar-refractivity contribution is -0.118. The third-order valence-corrected chi connectivity index (χ3v) is 7.23. The quantitative estimate of drug-likeness (QED) is 0.696. The number of ether oxygens (including phenoxy) is 2. The second kappa shape index (κ2) is 8.53. The zero-order chi connectivity index (χ0) is 22.1. The maximum atomic E-state index is 13.1. The summed E-state index contributed by atoms with van der Waals surface area (Å²) in [5, 5.41) is 4.62. The zero-order valence-corrected chi connectivity index (χ0v) is 18.2. The Morgan fingerprint density at radius 3 is 2.73 bits per heavy atom. The molecule has 8 nitrogen and oxygen atoms in total. The molecular weight excluding hydrogens is 432 g/mol. The summed E-state index contributed by atoms with van der Waals surface area (Å²) in [6.07, 6.45) is -0.250. The van der Waals surface area contributed by atoms with Gasteiger partial charge in [0.15, 0.2) is 16.4 Å². The summed E-state index contributed by atoms with van der Waals surface area (Å²) in [5.41, 5.74) is 1.31. The first-order valence-corrected chi connectivity index (χ1v) is 11.0. The van der Waals surface area contributed by atoms with Crippen LogP contribution in [0.4, 0.5) is 11.4 Å². The van der Waals surface area contributed by atoms with Crippen LogP contribution in [0.5, 0.6) is 11.5 Å². The van der Waals surface area contributed by atoms with Gasteiger partial charge in [0.25, 0.3) is 5.91 Å². The lowest BCUT2D eigenvalue weighted by Gasteiger charge is -2.21. The number of hydrogen-bond acceptors (Lipinski definition) is 6. The van der Waals surface area contributed by atoms with Gasteiger partial charge in [-0.05, 0) is 43.7 Å². The van der Waals surface area contributed by atoms with Gasteiger partial charge in [0.1, 0.15) is 11.5 Å². The SMILES string of the molecule is COc1ccc(NC(=O)C[C@H](C)S(=O)(=O)c2cc3c(cc2C)NC(=O)CO3)cc1Cl. The third-order valence-electron chi connectivity index (χ3n) is 4.65. The molecule has 2 amide bonds. The largest absolute Gasteiger partial charge is 0.495 e. The number of rotatable bonds is 6. The van der Waals surface area contributed by atoms with Crippen LogP contribution in [0.3, 0.4) is 0 Å². The van der Waals surface area contributed by atoms with E-state index in [1.54, 1.807) is 25.1 Å². The van der Waals surface area contributed by atoms with E-state index in [0.717, 1.165) is 0 Å². The van der Waals surface area contributed by atoms with Crippen LogP contribution in [0.25, 0.3) is 0 Å². The molecule has 1 atom stereocenters. The van der Waals surface area contributed by atoms with Crippen molar-refractivity contribution < 1.29 is 27.5 Å². The van der Waals surface area contributed by atoms with Crippen molar-refractivity contribution in [3.63, 3.8) is 0 Å². The van der Waals surface area contributed by atoms with E-state index >= 15 is 0 Å². The third kappa shape index (κ3) is 4.52. The van der Waals surface area contributed by atoms with Crippen LogP contribution in [0.1, 0.15) is 18.9 Å². The molecule has 0 unspecified atom stereocenters. The molecule has 2 N–H and O–H groups in total. The van der Waals surface area contributed by atoms with E-state index in [9.17, 15) is 18.0 Å². The number of carbonyl (C=O) groups is 2. The number of methoxy groups -OCH3 is 1. The van der Waals surface area contributed by atoms with E-state index in [2.05, 4.69) is 10.6 Å². The van der Waals surface area contributed by atoms with Crippen molar-refractivity contribution in [2.75, 3.05) is 24.4 Å². The van der Waals surface area contributed by atoms with Gasteiger partial charge in [-0.3, -0.25) is 9.59 Å². The molecular formula is C20H21ClN2O6S. The Bertz CT molecular complexity index is 1120. The lowest BCUT2D eigenvalue weighted by Crippen LogP contribution is -2.27. The van der Waals surface area contributed by atoms with Crippen molar-refractivity contribution in [2.24, 2.45) is 0 Å². The molecule has 0 bridgehead atoms. The molecule has 2 aromatic carbocycles. The molecule has 0 saturated heterocycles. The van der Waals surface area contributed by atoms with Crippen molar-refractivity contribution in [3.05, 3.63) is 40.9 Å². The van der Waals surface area contributed by atoms with Crippen molar-refractivity contribution in [1.82, 2.24) is 0 Å². The van der Waals surface area contributed by atoms with E-state index in [4.69, 9.17) is 21.1 Å². The molecule has 0 saturated carbocycles. The summed E-state index contributed by atoms with van der Waals surface area (Å²) in [5.74, 6) is -0.0252. The van der Waals surface area contributed by atoms with E-state index in [-0.39, 0.29) is 29.6 Å². The van der Waals surface area contributed by atoms with Crippen molar-refractivity contribution in [1.29, 1.82) is 0 Å². The standard InChI is InChI=1S/C20H21ClN2O6S/c1-11-6-15-17(29-10-20(25)23-15)9-18(11)30(26,27)12(2)7-19(24)22-13-4-5-16(28-3)14(21)8-13/h4-6,8-9,12H,7,10H2,1-3H3,(H,22,24)(H,23,25)/t12-/m0/s1. The number of halogens is 1. The van der Waals surface area contributed by atoms with Gasteiger partial charge in [0, 0.05) is 18.2 Å². The molecule has 1 heterocycles. The summed E-state index contributed by atoms with van der Waals surface area (Å²) < 4.78 is 36.5. The maximum absolute atomic E-state index is 13.1. The number of anilines is 2. The van der Waals surface area contributed by atoms with Gasteiger partial charge < -0.3 is 20.1 Å². The smallest absolute Gasteiger partial charge is 0.262 e. The minimum absolute atomic E-state index is 0.0604. The Morgan fingerprint density at radius 1 is 1.33 bits per heavy atom. The first-order valence-electron chi connectivity index (χ1n) is 9.06. The Labute approximate surface area is 179 Å². The van der Waals surface area contributed by atoms with E-state index < -0.39 is 21.0 Å². The highest BCUT2D eigenvalue weighted by Crippen LogP contribution is 2.34. The molecule has 0 fully saturated rings. The second-order valence-electron chi connectivity index (χ2n) is 6.91. The summed E-state index contributed by atoms with van der Waals surface area (Å²) in [4.78, 5) is 23.9. The second-order valence-corrected chi connectivity index (χ2v) is 9.65. The van der Waals surface area contributed by atoms with E-state index in [1.165, 1.54) is 26.2 Å². The molecule has 0 aromatic heterocycles. The Morgan fingerprint density at radius 2 is 2.07 bits per heavy atom. The number of aryl methyl sites for hydroxylation is 1. The maximum Gasteiger partial charge on any atom is 0.262 e. The number of benzene rings is 2. The van der Waals surface area contributed by atoms with Crippen LogP contribution in [0.2, 0.25) is 5.02 Å². The Hall–Kier alpha value is -2.78. The summed E-state index contributed by atoms with van der Waals surface area (Å²) in [6, 6.07) is 7.67. The summed E-state index contributed by atoms with van der Waals surface area (Å²) in [6.45, 7) is 2.91. The summed E-state index contributed by atoms with van der Waals surface area (Å²) in [7, 11) is -2.34. The van der Waals surface area contributed by atoms with Crippen LogP contribution in [-0.4, -0.2) is 39.2 Å². The highest BCUT2D eigenvalue weighted by atomic mass is 35.5. The predicted molar refractivity (Wildman–Crippen MR) is 113 cm³/mol.